The lowest BCUT2D eigenvalue weighted by Gasteiger charge is -2.47. The first-order chi connectivity index (χ1) is 18.8. The van der Waals surface area contributed by atoms with Gasteiger partial charge in [0.2, 0.25) is 5.91 Å². The molecule has 0 saturated carbocycles. The van der Waals surface area contributed by atoms with E-state index in [-0.39, 0.29) is 30.1 Å². The molecule has 9 nitrogen and oxygen atoms in total. The molecule has 9 heteroatoms. The SMILES string of the molecule is CC[C@]12C/C=C/c3ccc4c(c3)[C@@H](NC(=O)c3ccc5c(c3)[C@@H]([C@H](COC)CO5)N(C(=N)N1)C(=O)C2)[C@H](O)C4. The maximum atomic E-state index is 13.8. The summed E-state index contributed by atoms with van der Waals surface area (Å²) < 4.78 is 11.5. The lowest BCUT2D eigenvalue weighted by molar-refractivity contribution is -0.134. The summed E-state index contributed by atoms with van der Waals surface area (Å²) in [5.41, 5.74) is 3.37. The van der Waals surface area contributed by atoms with Crippen LogP contribution in [0.1, 0.15) is 70.9 Å². The zero-order valence-electron chi connectivity index (χ0n) is 22.2. The molecule has 1 aliphatic carbocycles. The van der Waals surface area contributed by atoms with Crippen LogP contribution in [-0.2, 0) is 16.0 Å². The van der Waals surface area contributed by atoms with Crippen molar-refractivity contribution < 1.29 is 24.2 Å². The molecular formula is C30H34N4O5. The molecule has 0 unspecified atom stereocenters. The molecule has 2 amide bonds. The Morgan fingerprint density at radius 1 is 1.21 bits per heavy atom. The van der Waals surface area contributed by atoms with Crippen molar-refractivity contribution in [2.45, 2.75) is 56.3 Å². The molecule has 4 aliphatic heterocycles. The molecule has 1 saturated heterocycles. The van der Waals surface area contributed by atoms with Crippen molar-refractivity contribution >= 4 is 23.8 Å². The van der Waals surface area contributed by atoms with E-state index in [1.807, 2.05) is 37.3 Å². The predicted molar refractivity (Wildman–Crippen MR) is 145 cm³/mol. The zero-order valence-corrected chi connectivity index (χ0v) is 22.2. The van der Waals surface area contributed by atoms with Gasteiger partial charge in [-0.3, -0.25) is 19.9 Å². The standard InChI is InChI=1S/C30H34N4O5/c1-3-30-10-4-5-17-6-7-18-13-23(35)26(21(18)11-17)32-28(37)19-8-9-24-22(12-19)27(20(15-38-2)16-39-24)34(25(36)14-30)29(31)33-30/h4-9,11-12,20,23,26-27,35H,3,10,13-16H2,1-2H3,(H2,31,33)(H,32,37)/b5-4+/t20-,23-,26-,27-,30-/m1/s1. The Bertz CT molecular complexity index is 1350. The lowest BCUT2D eigenvalue weighted by Crippen LogP contribution is -2.63. The normalized spacial score (nSPS) is 30.3. The number of guanidine groups is 1. The van der Waals surface area contributed by atoms with E-state index in [0.717, 1.165) is 16.7 Å². The first kappa shape index (κ1) is 25.6. The molecule has 0 aromatic heterocycles. The van der Waals surface area contributed by atoms with Gasteiger partial charge in [-0.1, -0.05) is 31.2 Å². The van der Waals surface area contributed by atoms with E-state index in [9.17, 15) is 14.7 Å². The average molecular weight is 531 g/mol. The summed E-state index contributed by atoms with van der Waals surface area (Å²) in [5.74, 6) is -0.0757. The minimum absolute atomic E-state index is 0.0452. The molecule has 204 valence electrons. The summed E-state index contributed by atoms with van der Waals surface area (Å²) in [7, 11) is 1.60. The third-order valence-corrected chi connectivity index (χ3v) is 8.63. The third-order valence-electron chi connectivity index (χ3n) is 8.63. The van der Waals surface area contributed by atoms with Gasteiger partial charge in [0.1, 0.15) is 5.75 Å². The van der Waals surface area contributed by atoms with Crippen LogP contribution in [0.3, 0.4) is 0 Å². The van der Waals surface area contributed by atoms with Crippen LogP contribution in [0.4, 0.5) is 0 Å². The van der Waals surface area contributed by atoms with Gasteiger partial charge in [-0.2, -0.15) is 0 Å². The summed E-state index contributed by atoms with van der Waals surface area (Å²) in [5, 5.41) is 26.2. The Kier molecular flexibility index (Phi) is 6.43. The van der Waals surface area contributed by atoms with Crippen LogP contribution in [0.5, 0.6) is 5.75 Å². The molecule has 0 radical (unpaired) electrons. The van der Waals surface area contributed by atoms with Gasteiger partial charge in [0.25, 0.3) is 5.91 Å². The number of ether oxygens (including phenoxy) is 2. The van der Waals surface area contributed by atoms with Crippen molar-refractivity contribution in [3.63, 3.8) is 0 Å². The third kappa shape index (κ3) is 4.39. The number of rotatable bonds is 3. The van der Waals surface area contributed by atoms with Crippen LogP contribution in [0.25, 0.3) is 6.08 Å². The fourth-order valence-corrected chi connectivity index (χ4v) is 6.49. The van der Waals surface area contributed by atoms with Crippen molar-refractivity contribution in [1.82, 2.24) is 15.5 Å². The Morgan fingerprint density at radius 2 is 2.05 bits per heavy atom. The lowest BCUT2D eigenvalue weighted by atomic mass is 9.83. The van der Waals surface area contributed by atoms with Crippen molar-refractivity contribution in [3.8, 4) is 5.75 Å². The fraction of sp³-hybridized carbons (Fsp3) is 0.433. The fourth-order valence-electron chi connectivity index (χ4n) is 6.49. The Hall–Kier alpha value is -3.69. The molecule has 2 aromatic rings. The number of nitrogens with zero attached hydrogens (tertiary/aromatic N) is 1. The van der Waals surface area contributed by atoms with Crippen LogP contribution < -0.4 is 15.4 Å². The number of nitrogens with one attached hydrogen (secondary N) is 3. The number of aliphatic hydroxyl groups excluding tert-OH is 1. The van der Waals surface area contributed by atoms with Crippen molar-refractivity contribution in [2.75, 3.05) is 20.3 Å². The quantitative estimate of drug-likeness (QED) is 0.484. The van der Waals surface area contributed by atoms with Gasteiger partial charge in [0.15, 0.2) is 5.96 Å². The molecule has 5 aliphatic rings. The van der Waals surface area contributed by atoms with E-state index in [1.54, 1.807) is 25.3 Å². The summed E-state index contributed by atoms with van der Waals surface area (Å²) in [6.45, 7) is 2.68. The van der Waals surface area contributed by atoms with Gasteiger partial charge in [-0.15, -0.1) is 0 Å². The van der Waals surface area contributed by atoms with Crippen LogP contribution in [-0.4, -0.2) is 59.7 Å². The van der Waals surface area contributed by atoms with Gasteiger partial charge in [0, 0.05) is 30.6 Å². The largest absolute Gasteiger partial charge is 0.493 e. The highest BCUT2D eigenvalue weighted by Gasteiger charge is 2.46. The highest BCUT2D eigenvalue weighted by atomic mass is 16.5. The van der Waals surface area contributed by atoms with Crippen LogP contribution in [0.15, 0.2) is 42.5 Å². The minimum Gasteiger partial charge on any atom is -0.493 e. The van der Waals surface area contributed by atoms with Gasteiger partial charge >= 0.3 is 0 Å². The van der Waals surface area contributed by atoms with E-state index in [2.05, 4.69) is 10.6 Å². The highest BCUT2D eigenvalue weighted by molar-refractivity contribution is 6.00. The molecule has 2 aromatic carbocycles. The molecule has 39 heavy (non-hydrogen) atoms. The Morgan fingerprint density at radius 3 is 2.82 bits per heavy atom. The van der Waals surface area contributed by atoms with E-state index >= 15 is 0 Å². The number of amides is 2. The maximum Gasteiger partial charge on any atom is 0.251 e. The second-order valence-corrected chi connectivity index (χ2v) is 11.1. The van der Waals surface area contributed by atoms with Gasteiger partial charge in [0.05, 0.1) is 43.4 Å². The second kappa shape index (κ2) is 9.81. The summed E-state index contributed by atoms with van der Waals surface area (Å²) >= 11 is 0. The van der Waals surface area contributed by atoms with Crippen LogP contribution >= 0.6 is 0 Å². The minimum atomic E-state index is -0.724. The first-order valence-electron chi connectivity index (χ1n) is 13.6. The number of methoxy groups -OCH3 is 1. The van der Waals surface area contributed by atoms with Gasteiger partial charge in [-0.05, 0) is 53.8 Å². The highest BCUT2D eigenvalue weighted by Crippen LogP contribution is 2.43. The van der Waals surface area contributed by atoms with Gasteiger partial charge in [-0.25, -0.2) is 0 Å². The van der Waals surface area contributed by atoms with E-state index < -0.39 is 23.7 Å². The van der Waals surface area contributed by atoms with E-state index in [0.29, 0.717) is 49.4 Å². The van der Waals surface area contributed by atoms with Crippen LogP contribution in [0, 0.1) is 11.3 Å². The monoisotopic (exact) mass is 530 g/mol. The Labute approximate surface area is 227 Å². The van der Waals surface area contributed by atoms with E-state index in [4.69, 9.17) is 14.9 Å². The van der Waals surface area contributed by atoms with Gasteiger partial charge < -0.3 is 25.2 Å². The molecule has 6 bridgehead atoms. The number of carbonyl (C=O) groups excluding carboxylic acids is 2. The van der Waals surface area contributed by atoms with Crippen molar-refractivity contribution in [3.05, 3.63) is 70.3 Å². The average Bonchev–Trinajstić information content (AvgIpc) is 3.22. The van der Waals surface area contributed by atoms with Crippen molar-refractivity contribution in [2.24, 2.45) is 5.92 Å². The number of benzene rings is 2. The summed E-state index contributed by atoms with van der Waals surface area (Å²) in [6.07, 6.45) is 5.27. The number of carbonyl (C=O) groups is 2. The molecule has 4 heterocycles. The smallest absolute Gasteiger partial charge is 0.251 e. The van der Waals surface area contributed by atoms with Crippen LogP contribution in [0.2, 0.25) is 0 Å². The maximum absolute atomic E-state index is 13.8. The van der Waals surface area contributed by atoms with E-state index in [1.165, 1.54) is 4.90 Å². The number of fused-ring (bicyclic) bond motifs is 4. The zero-order chi connectivity index (χ0) is 27.3. The summed E-state index contributed by atoms with van der Waals surface area (Å²) in [6, 6.07) is 10.1. The molecule has 1 fully saturated rings. The summed E-state index contributed by atoms with van der Waals surface area (Å²) in [4.78, 5) is 28.8. The molecular weight excluding hydrogens is 496 g/mol. The Balaban J connectivity index is 1.49. The number of hydrogen-bond acceptors (Lipinski definition) is 6. The molecule has 0 spiro atoms. The topological polar surface area (TPSA) is 124 Å². The predicted octanol–water partition coefficient (Wildman–Crippen LogP) is 3.09. The molecule has 5 atom stereocenters. The van der Waals surface area contributed by atoms with Crippen molar-refractivity contribution in [1.29, 1.82) is 5.41 Å². The molecule has 4 N–H and O–H groups in total. The molecule has 7 rings (SSSR count). The second-order valence-electron chi connectivity index (χ2n) is 11.1. The first-order valence-corrected chi connectivity index (χ1v) is 13.6. The number of aliphatic hydroxyl groups is 1. The number of hydrogen-bond donors (Lipinski definition) is 4.